The Bertz CT molecular complexity index is 816. The lowest BCUT2D eigenvalue weighted by Crippen LogP contribution is -2.53. The second kappa shape index (κ2) is 9.12. The quantitative estimate of drug-likeness (QED) is 0.638. The summed E-state index contributed by atoms with van der Waals surface area (Å²) in [7, 11) is -3.10. The average Bonchev–Trinajstić information content (AvgIpc) is 2.92. The first-order valence-electron chi connectivity index (χ1n) is 8.64. The molecule has 3 atom stereocenters. The highest BCUT2D eigenvalue weighted by Crippen LogP contribution is 2.26. The van der Waals surface area contributed by atoms with Gasteiger partial charge in [0, 0.05) is 11.1 Å². The van der Waals surface area contributed by atoms with E-state index in [1.165, 1.54) is 6.07 Å². The molecule has 0 aliphatic carbocycles. The molecule has 0 saturated carbocycles. The molecular formula is C17H23Cl2N3O4S. The van der Waals surface area contributed by atoms with E-state index in [1.54, 1.807) is 12.1 Å². The highest BCUT2D eigenvalue weighted by molar-refractivity contribution is 7.91. The van der Waals surface area contributed by atoms with Crippen LogP contribution in [-0.2, 0) is 14.6 Å². The Balaban J connectivity index is 2.03. The first-order valence-corrected chi connectivity index (χ1v) is 11.2. The molecule has 0 unspecified atom stereocenters. The zero-order chi connectivity index (χ0) is 20.2. The fourth-order valence-electron chi connectivity index (χ4n) is 2.78. The predicted molar refractivity (Wildman–Crippen MR) is 107 cm³/mol. The molecule has 0 radical (unpaired) electrons. The molecule has 3 amide bonds. The summed E-state index contributed by atoms with van der Waals surface area (Å²) in [5.74, 6) is -0.583. The predicted octanol–water partition coefficient (Wildman–Crippen LogP) is 2.83. The van der Waals surface area contributed by atoms with E-state index in [-0.39, 0.29) is 17.4 Å². The van der Waals surface area contributed by atoms with Crippen molar-refractivity contribution >= 4 is 50.7 Å². The van der Waals surface area contributed by atoms with Gasteiger partial charge < -0.3 is 16.0 Å². The van der Waals surface area contributed by atoms with Crippen molar-refractivity contribution < 1.29 is 18.0 Å². The first kappa shape index (κ1) is 21.8. The van der Waals surface area contributed by atoms with E-state index in [0.717, 1.165) is 0 Å². The number of hydrogen-bond donors (Lipinski definition) is 3. The third-order valence-corrected chi connectivity index (χ3v) is 6.85. The van der Waals surface area contributed by atoms with Gasteiger partial charge in [0.1, 0.15) is 6.04 Å². The van der Waals surface area contributed by atoms with Crippen molar-refractivity contribution in [2.45, 2.75) is 38.8 Å². The summed E-state index contributed by atoms with van der Waals surface area (Å²) in [6, 6.07) is 2.88. The Hall–Kier alpha value is -1.51. The Kier molecular flexibility index (Phi) is 7.36. The maximum absolute atomic E-state index is 12.7. The van der Waals surface area contributed by atoms with Gasteiger partial charge in [-0.25, -0.2) is 13.2 Å². The summed E-state index contributed by atoms with van der Waals surface area (Å²) in [5.41, 5.74) is 0.392. The highest BCUT2D eigenvalue weighted by Gasteiger charge is 2.31. The fourth-order valence-corrected chi connectivity index (χ4v) is 4.91. The van der Waals surface area contributed by atoms with Crippen LogP contribution in [0.3, 0.4) is 0 Å². The zero-order valence-corrected chi connectivity index (χ0v) is 17.4. The number of hydrogen-bond acceptors (Lipinski definition) is 4. The van der Waals surface area contributed by atoms with Crippen molar-refractivity contribution in [3.63, 3.8) is 0 Å². The number of anilines is 1. The maximum Gasteiger partial charge on any atom is 0.315 e. The van der Waals surface area contributed by atoms with Gasteiger partial charge in [0.25, 0.3) is 0 Å². The van der Waals surface area contributed by atoms with Gasteiger partial charge in [-0.05, 0) is 30.5 Å². The molecule has 2 rings (SSSR count). The number of amides is 3. The normalized spacial score (nSPS) is 20.5. The van der Waals surface area contributed by atoms with Crippen LogP contribution in [0.4, 0.5) is 10.5 Å². The lowest BCUT2D eigenvalue weighted by atomic mass is 9.98. The van der Waals surface area contributed by atoms with Crippen LogP contribution in [-0.4, -0.2) is 43.9 Å². The topological polar surface area (TPSA) is 104 Å². The Morgan fingerprint density at radius 1 is 1.30 bits per heavy atom. The van der Waals surface area contributed by atoms with Crippen LogP contribution >= 0.6 is 23.2 Å². The van der Waals surface area contributed by atoms with E-state index in [2.05, 4.69) is 16.0 Å². The standard InChI is InChI=1S/C17H23Cl2N3O4S/c1-3-10(2)15(16(23)21-14-5-4-11(18)8-13(14)19)22-17(24)20-12-6-7-27(25,26)9-12/h4-5,8,10,12,15H,3,6-7,9H2,1-2H3,(H,21,23)(H2,20,22,24)/t10-,12+,15+/m1/s1. The largest absolute Gasteiger partial charge is 0.334 e. The molecule has 1 fully saturated rings. The summed E-state index contributed by atoms with van der Waals surface area (Å²) in [5, 5.41) is 8.71. The molecule has 1 saturated heterocycles. The van der Waals surface area contributed by atoms with E-state index in [4.69, 9.17) is 23.2 Å². The van der Waals surface area contributed by atoms with Crippen molar-refractivity contribution in [1.82, 2.24) is 10.6 Å². The summed E-state index contributed by atoms with van der Waals surface area (Å²) in [4.78, 5) is 25.0. The number of urea groups is 1. The molecular weight excluding hydrogens is 413 g/mol. The molecule has 1 aliphatic rings. The van der Waals surface area contributed by atoms with Gasteiger partial charge in [0.2, 0.25) is 5.91 Å². The number of carbonyl (C=O) groups is 2. The Morgan fingerprint density at radius 2 is 2.00 bits per heavy atom. The minimum absolute atomic E-state index is 0.0578. The summed E-state index contributed by atoms with van der Waals surface area (Å²) in [6.45, 7) is 3.75. The molecule has 1 heterocycles. The lowest BCUT2D eigenvalue weighted by molar-refractivity contribution is -0.119. The van der Waals surface area contributed by atoms with Gasteiger partial charge in [-0.3, -0.25) is 4.79 Å². The lowest BCUT2D eigenvalue weighted by Gasteiger charge is -2.24. The first-order chi connectivity index (χ1) is 12.6. The number of sulfone groups is 1. The van der Waals surface area contributed by atoms with E-state index < -0.39 is 33.9 Å². The van der Waals surface area contributed by atoms with E-state index in [0.29, 0.717) is 28.6 Å². The van der Waals surface area contributed by atoms with Crippen LogP contribution in [0.5, 0.6) is 0 Å². The van der Waals surface area contributed by atoms with Gasteiger partial charge in [0.15, 0.2) is 9.84 Å². The van der Waals surface area contributed by atoms with Crippen LogP contribution < -0.4 is 16.0 Å². The molecule has 3 N–H and O–H groups in total. The van der Waals surface area contributed by atoms with Crippen LogP contribution in [0, 0.1) is 5.92 Å². The minimum Gasteiger partial charge on any atom is -0.334 e. The molecule has 1 aromatic carbocycles. The van der Waals surface area contributed by atoms with Crippen LogP contribution in [0.25, 0.3) is 0 Å². The van der Waals surface area contributed by atoms with E-state index in [9.17, 15) is 18.0 Å². The third-order valence-electron chi connectivity index (χ3n) is 4.54. The molecule has 150 valence electrons. The molecule has 0 aromatic heterocycles. The molecule has 0 bridgehead atoms. The number of benzene rings is 1. The molecule has 27 heavy (non-hydrogen) atoms. The summed E-state index contributed by atoms with van der Waals surface area (Å²) in [6.07, 6.45) is 1.03. The Labute approximate surface area is 169 Å². The molecule has 7 nitrogen and oxygen atoms in total. The minimum atomic E-state index is -3.10. The van der Waals surface area contributed by atoms with Crippen molar-refractivity contribution in [2.24, 2.45) is 5.92 Å². The van der Waals surface area contributed by atoms with Gasteiger partial charge in [0.05, 0.1) is 22.2 Å². The van der Waals surface area contributed by atoms with Gasteiger partial charge in [-0.15, -0.1) is 0 Å². The smallest absolute Gasteiger partial charge is 0.315 e. The van der Waals surface area contributed by atoms with Crippen LogP contribution in [0.1, 0.15) is 26.7 Å². The van der Waals surface area contributed by atoms with Crippen LogP contribution in [0.15, 0.2) is 18.2 Å². The fraction of sp³-hybridized carbons (Fsp3) is 0.529. The van der Waals surface area contributed by atoms with Crippen molar-refractivity contribution in [3.05, 3.63) is 28.2 Å². The average molecular weight is 436 g/mol. The van der Waals surface area contributed by atoms with E-state index in [1.807, 2.05) is 13.8 Å². The zero-order valence-electron chi connectivity index (χ0n) is 15.1. The second-order valence-corrected chi connectivity index (χ2v) is 9.77. The Morgan fingerprint density at radius 3 is 2.56 bits per heavy atom. The van der Waals surface area contributed by atoms with Crippen LogP contribution in [0.2, 0.25) is 10.0 Å². The maximum atomic E-state index is 12.7. The summed E-state index contributed by atoms with van der Waals surface area (Å²) >= 11 is 11.9. The second-order valence-electron chi connectivity index (χ2n) is 6.69. The van der Waals surface area contributed by atoms with Crippen molar-refractivity contribution in [1.29, 1.82) is 0 Å². The molecule has 0 spiro atoms. The third kappa shape index (κ3) is 6.26. The van der Waals surface area contributed by atoms with Crippen molar-refractivity contribution in [3.8, 4) is 0 Å². The number of rotatable bonds is 6. The monoisotopic (exact) mass is 435 g/mol. The van der Waals surface area contributed by atoms with Gasteiger partial charge >= 0.3 is 6.03 Å². The van der Waals surface area contributed by atoms with E-state index >= 15 is 0 Å². The van der Waals surface area contributed by atoms with Gasteiger partial charge in [-0.1, -0.05) is 43.5 Å². The number of halogens is 2. The molecule has 10 heteroatoms. The van der Waals surface area contributed by atoms with Gasteiger partial charge in [-0.2, -0.15) is 0 Å². The molecule has 1 aliphatic heterocycles. The SMILES string of the molecule is CC[C@@H](C)[C@H](NC(=O)N[C@H]1CCS(=O)(=O)C1)C(=O)Nc1ccc(Cl)cc1Cl. The highest BCUT2D eigenvalue weighted by atomic mass is 35.5. The number of nitrogens with one attached hydrogen (secondary N) is 3. The number of carbonyl (C=O) groups excluding carboxylic acids is 2. The van der Waals surface area contributed by atoms with Crippen molar-refractivity contribution in [2.75, 3.05) is 16.8 Å². The molecule has 1 aromatic rings. The summed E-state index contributed by atoms with van der Waals surface area (Å²) < 4.78 is 23.0.